The molecule has 0 spiro atoms. The predicted molar refractivity (Wildman–Crippen MR) is 66.4 cm³/mol. The molecule has 0 fully saturated rings. The normalized spacial score (nSPS) is 10.0. The molecule has 1 atom stereocenters. The van der Waals surface area contributed by atoms with Crippen molar-refractivity contribution in [2.75, 3.05) is 13.3 Å². The zero-order valence-corrected chi connectivity index (χ0v) is 10.8. The van der Waals surface area contributed by atoms with Crippen molar-refractivity contribution in [1.29, 1.82) is 0 Å². The highest BCUT2D eigenvalue weighted by atomic mass is 79.9. The van der Waals surface area contributed by atoms with Gasteiger partial charge in [0.25, 0.3) is 0 Å². The fourth-order valence-electron chi connectivity index (χ4n) is 0.978. The number of rotatable bonds is 4. The van der Waals surface area contributed by atoms with E-state index in [1.165, 1.54) is 17.9 Å². The topological polar surface area (TPSA) is 9.23 Å². The summed E-state index contributed by atoms with van der Waals surface area (Å²) < 4.78 is 5.08. The Balaban J connectivity index is 0.00000144. The van der Waals surface area contributed by atoms with Crippen molar-refractivity contribution in [1.82, 2.24) is 0 Å². The van der Waals surface area contributed by atoms with Crippen molar-refractivity contribution in [3.05, 3.63) is 24.3 Å². The lowest BCUT2D eigenvalue weighted by atomic mass is 10.3. The van der Waals surface area contributed by atoms with Crippen LogP contribution >= 0.6 is 25.6 Å². The zero-order valence-electron chi connectivity index (χ0n) is 8.04. The molecule has 0 aromatic heterocycles. The van der Waals surface area contributed by atoms with Gasteiger partial charge in [-0.2, -0.15) is 0 Å². The van der Waals surface area contributed by atoms with E-state index in [2.05, 4.69) is 19.1 Å². The third-order valence-electron chi connectivity index (χ3n) is 1.67. The molecular weight excluding hydrogens is 247 g/mol. The first-order valence-electron chi connectivity index (χ1n) is 4.24. The van der Waals surface area contributed by atoms with E-state index in [0.717, 1.165) is 14.3 Å². The van der Waals surface area contributed by atoms with Crippen LogP contribution in [0.2, 0.25) is 0 Å². The Kier molecular flexibility index (Phi) is 7.31. The fourth-order valence-corrected chi connectivity index (χ4v) is 1.92. The summed E-state index contributed by atoms with van der Waals surface area (Å²) in [4.78, 5) is 0. The lowest BCUT2D eigenvalue weighted by Crippen LogP contribution is -1.94. The van der Waals surface area contributed by atoms with Crippen molar-refractivity contribution >= 4 is 30.9 Å². The molecule has 3 heteroatoms. The number of methoxy groups -OCH3 is 1. The van der Waals surface area contributed by atoms with Crippen molar-refractivity contribution in [3.63, 3.8) is 0 Å². The van der Waals surface area contributed by atoms with Gasteiger partial charge in [-0.1, -0.05) is 34.1 Å². The van der Waals surface area contributed by atoms with E-state index in [9.17, 15) is 0 Å². The lowest BCUT2D eigenvalue weighted by Gasteiger charge is -2.01. The number of halogens is 1. The molecule has 0 N–H and O–H groups in total. The molecule has 0 amide bonds. The molecule has 0 aliphatic carbocycles. The lowest BCUT2D eigenvalue weighted by molar-refractivity contribution is 0.415. The maximum Gasteiger partial charge on any atom is 0.118 e. The van der Waals surface area contributed by atoms with E-state index in [1.54, 1.807) is 7.11 Å². The molecule has 1 rings (SSSR count). The molecule has 74 valence electrons. The molecule has 0 aliphatic rings. The molecule has 0 saturated carbocycles. The highest BCUT2D eigenvalue weighted by Gasteiger charge is 1.92. The van der Waals surface area contributed by atoms with Gasteiger partial charge in [0, 0.05) is 0 Å². The fraction of sp³-hybridized carbons (Fsp3) is 0.400. The summed E-state index contributed by atoms with van der Waals surface area (Å²) in [6, 6.07) is 8.34. The van der Waals surface area contributed by atoms with Crippen molar-refractivity contribution < 1.29 is 4.74 Å². The largest absolute Gasteiger partial charge is 0.497 e. The van der Waals surface area contributed by atoms with Gasteiger partial charge in [0.05, 0.1) is 7.11 Å². The summed E-state index contributed by atoms with van der Waals surface area (Å²) in [5, 5.41) is 1.43. The van der Waals surface area contributed by atoms with Crippen LogP contribution in [0.3, 0.4) is 0 Å². The van der Waals surface area contributed by atoms with Crippen molar-refractivity contribution in [2.45, 2.75) is 13.3 Å². The Morgan fingerprint density at radius 2 is 1.85 bits per heavy atom. The van der Waals surface area contributed by atoms with Crippen LogP contribution in [0.5, 0.6) is 5.75 Å². The molecule has 1 unspecified atom stereocenters. The van der Waals surface area contributed by atoms with Gasteiger partial charge in [0.1, 0.15) is 5.75 Å². The minimum atomic E-state index is 0. The van der Waals surface area contributed by atoms with Gasteiger partial charge in [-0.3, -0.25) is 0 Å². The maximum atomic E-state index is 5.08. The molecule has 0 bridgehead atoms. The van der Waals surface area contributed by atoms with E-state index >= 15 is 0 Å². The van der Waals surface area contributed by atoms with Gasteiger partial charge < -0.3 is 4.74 Å². The molecule has 1 aromatic rings. The Labute approximate surface area is 92.4 Å². The summed E-state index contributed by atoms with van der Waals surface area (Å²) in [5.41, 5.74) is 0. The summed E-state index contributed by atoms with van der Waals surface area (Å²) in [5.74, 6) is 0.944. The smallest absolute Gasteiger partial charge is 0.118 e. The third kappa shape index (κ3) is 4.64. The molecule has 0 heterocycles. The van der Waals surface area contributed by atoms with Crippen LogP contribution in [0.1, 0.15) is 13.3 Å². The third-order valence-corrected chi connectivity index (χ3v) is 3.16. The minimum absolute atomic E-state index is 0. The van der Waals surface area contributed by atoms with Crippen LogP contribution in [-0.4, -0.2) is 13.3 Å². The van der Waals surface area contributed by atoms with Gasteiger partial charge in [-0.25, -0.2) is 0 Å². The van der Waals surface area contributed by atoms with Crippen LogP contribution in [0.25, 0.3) is 0 Å². The Bertz CT molecular complexity index is 223. The van der Waals surface area contributed by atoms with Crippen LogP contribution in [0, 0.1) is 0 Å². The average molecular weight is 263 g/mol. The second kappa shape index (κ2) is 7.34. The molecule has 0 aliphatic heterocycles. The molecular formula is C10H16BrOP. The zero-order chi connectivity index (χ0) is 8.81. The standard InChI is InChI=1S/C10H15OP.BrH/c1-3-8-12-10-6-4-9(11-2)5-7-10;/h4-7,12H,3,8H2,1-2H3;1H. The van der Waals surface area contributed by atoms with Gasteiger partial charge >= 0.3 is 0 Å². The first kappa shape index (κ1) is 12.9. The Morgan fingerprint density at radius 3 is 2.31 bits per heavy atom. The SMILES string of the molecule is Br.CCCPc1ccc(OC)cc1. The molecule has 1 nitrogen and oxygen atoms in total. The summed E-state index contributed by atoms with van der Waals surface area (Å²) in [7, 11) is 2.64. The molecule has 13 heavy (non-hydrogen) atoms. The monoisotopic (exact) mass is 262 g/mol. The number of hydrogen-bond acceptors (Lipinski definition) is 1. The van der Waals surface area contributed by atoms with Crippen LogP contribution in [0.15, 0.2) is 24.3 Å². The average Bonchev–Trinajstić information content (AvgIpc) is 2.15. The second-order valence-corrected chi connectivity index (χ2v) is 4.09. The van der Waals surface area contributed by atoms with Crippen molar-refractivity contribution in [3.8, 4) is 5.75 Å². The second-order valence-electron chi connectivity index (χ2n) is 2.66. The molecule has 0 saturated heterocycles. The van der Waals surface area contributed by atoms with E-state index in [1.807, 2.05) is 12.1 Å². The van der Waals surface area contributed by atoms with E-state index in [4.69, 9.17) is 4.74 Å². The van der Waals surface area contributed by atoms with E-state index < -0.39 is 0 Å². The Hall–Kier alpha value is -0.0700. The summed E-state index contributed by atoms with van der Waals surface area (Å²) in [6.45, 7) is 2.22. The van der Waals surface area contributed by atoms with Gasteiger partial charge in [-0.15, -0.1) is 17.0 Å². The predicted octanol–water partition coefficient (Wildman–Crippen LogP) is 2.99. The van der Waals surface area contributed by atoms with Crippen molar-refractivity contribution in [2.24, 2.45) is 0 Å². The van der Waals surface area contributed by atoms with Gasteiger partial charge in [-0.05, 0) is 23.6 Å². The highest BCUT2D eigenvalue weighted by Crippen LogP contribution is 2.14. The van der Waals surface area contributed by atoms with Crippen LogP contribution in [-0.2, 0) is 0 Å². The van der Waals surface area contributed by atoms with Gasteiger partial charge in [0.2, 0.25) is 0 Å². The first-order chi connectivity index (χ1) is 5.86. The first-order valence-corrected chi connectivity index (χ1v) is 5.45. The summed E-state index contributed by atoms with van der Waals surface area (Å²) in [6.07, 6.45) is 2.57. The van der Waals surface area contributed by atoms with Crippen LogP contribution < -0.4 is 10.0 Å². The number of hydrogen-bond donors (Lipinski definition) is 0. The highest BCUT2D eigenvalue weighted by molar-refractivity contribution is 8.93. The minimum Gasteiger partial charge on any atom is -0.497 e. The number of benzene rings is 1. The van der Waals surface area contributed by atoms with E-state index in [0.29, 0.717) is 0 Å². The quantitative estimate of drug-likeness (QED) is 0.759. The molecule has 0 radical (unpaired) electrons. The Morgan fingerprint density at radius 1 is 1.23 bits per heavy atom. The number of ether oxygens (including phenoxy) is 1. The maximum absolute atomic E-state index is 5.08. The summed E-state index contributed by atoms with van der Waals surface area (Å²) >= 11 is 0. The van der Waals surface area contributed by atoms with E-state index in [-0.39, 0.29) is 17.0 Å². The van der Waals surface area contributed by atoms with Gasteiger partial charge in [0.15, 0.2) is 0 Å². The molecule has 1 aromatic carbocycles. The van der Waals surface area contributed by atoms with Crippen LogP contribution in [0.4, 0.5) is 0 Å².